The zero-order valence-electron chi connectivity index (χ0n) is 10.0. The lowest BCUT2D eigenvalue weighted by Gasteiger charge is -2.27. The predicted molar refractivity (Wildman–Crippen MR) is 68.1 cm³/mol. The Balaban J connectivity index is 1.75. The molecule has 1 unspecified atom stereocenters. The fraction of sp³-hybridized carbons (Fsp3) is 0.583. The van der Waals surface area contributed by atoms with Crippen LogP contribution in [0.5, 0.6) is 0 Å². The minimum absolute atomic E-state index is 0.162. The molecule has 0 bridgehead atoms. The average molecular weight is 254 g/mol. The first kappa shape index (κ1) is 12.5. The Bertz CT molecular complexity index is 347. The Morgan fingerprint density at radius 3 is 3.00 bits per heavy atom. The Kier molecular flexibility index (Phi) is 4.53. The lowest BCUT2D eigenvalue weighted by molar-refractivity contribution is -0.134. The van der Waals surface area contributed by atoms with E-state index in [0.717, 1.165) is 0 Å². The van der Waals surface area contributed by atoms with Gasteiger partial charge in [-0.3, -0.25) is 4.79 Å². The zero-order chi connectivity index (χ0) is 12.1. The summed E-state index contributed by atoms with van der Waals surface area (Å²) in [6.45, 7) is 5.23. The molecule has 1 aliphatic heterocycles. The van der Waals surface area contributed by atoms with E-state index in [-0.39, 0.29) is 11.9 Å². The van der Waals surface area contributed by atoms with E-state index in [2.05, 4.69) is 29.1 Å². The van der Waals surface area contributed by atoms with E-state index in [0.29, 0.717) is 32.8 Å². The van der Waals surface area contributed by atoms with Crippen molar-refractivity contribution >= 4 is 17.2 Å². The highest BCUT2D eigenvalue weighted by molar-refractivity contribution is 7.07. The third-order valence-corrected chi connectivity index (χ3v) is 3.67. The van der Waals surface area contributed by atoms with Crippen LogP contribution in [0.4, 0.5) is 0 Å². The summed E-state index contributed by atoms with van der Waals surface area (Å²) in [6.07, 6.45) is 0. The van der Waals surface area contributed by atoms with E-state index in [1.807, 2.05) is 4.90 Å². The van der Waals surface area contributed by atoms with Gasteiger partial charge in [-0.05, 0) is 29.3 Å². The molecule has 1 saturated heterocycles. The summed E-state index contributed by atoms with van der Waals surface area (Å²) in [5, 5.41) is 7.42. The molecule has 17 heavy (non-hydrogen) atoms. The zero-order valence-corrected chi connectivity index (χ0v) is 10.8. The van der Waals surface area contributed by atoms with Crippen LogP contribution in [0.25, 0.3) is 0 Å². The first-order valence-corrected chi connectivity index (χ1v) is 6.82. The van der Waals surface area contributed by atoms with E-state index in [1.54, 1.807) is 11.3 Å². The number of morpholine rings is 1. The number of carbonyl (C=O) groups excluding carboxylic acids is 1. The molecular formula is C12H18N2O2S. The van der Waals surface area contributed by atoms with Crippen LogP contribution in [-0.4, -0.2) is 43.7 Å². The molecule has 2 heterocycles. The number of thiophene rings is 1. The van der Waals surface area contributed by atoms with Gasteiger partial charge in [0, 0.05) is 19.1 Å². The van der Waals surface area contributed by atoms with Crippen molar-refractivity contribution in [2.24, 2.45) is 0 Å². The van der Waals surface area contributed by atoms with Crippen LogP contribution in [-0.2, 0) is 9.53 Å². The van der Waals surface area contributed by atoms with Gasteiger partial charge in [-0.2, -0.15) is 11.3 Å². The summed E-state index contributed by atoms with van der Waals surface area (Å²) in [4.78, 5) is 13.7. The van der Waals surface area contributed by atoms with Gasteiger partial charge < -0.3 is 15.0 Å². The monoisotopic (exact) mass is 254 g/mol. The SMILES string of the molecule is CC(NCC(=O)N1CCOCC1)c1ccsc1. The van der Waals surface area contributed by atoms with Crippen LogP contribution < -0.4 is 5.32 Å². The topological polar surface area (TPSA) is 41.6 Å². The fourth-order valence-electron chi connectivity index (χ4n) is 1.80. The Labute approximate surface area is 106 Å². The fourth-order valence-corrected chi connectivity index (χ4v) is 2.56. The van der Waals surface area contributed by atoms with Gasteiger partial charge in [-0.1, -0.05) is 0 Å². The Morgan fingerprint density at radius 2 is 2.35 bits per heavy atom. The molecule has 1 aliphatic rings. The van der Waals surface area contributed by atoms with E-state index >= 15 is 0 Å². The highest BCUT2D eigenvalue weighted by Gasteiger charge is 2.17. The molecule has 2 rings (SSSR count). The first-order chi connectivity index (χ1) is 8.27. The Morgan fingerprint density at radius 1 is 1.59 bits per heavy atom. The number of hydrogen-bond donors (Lipinski definition) is 1. The van der Waals surface area contributed by atoms with Gasteiger partial charge in [-0.15, -0.1) is 0 Å². The van der Waals surface area contributed by atoms with Crippen molar-refractivity contribution in [2.75, 3.05) is 32.8 Å². The van der Waals surface area contributed by atoms with E-state index < -0.39 is 0 Å². The van der Waals surface area contributed by atoms with Gasteiger partial charge in [0.25, 0.3) is 0 Å². The highest BCUT2D eigenvalue weighted by Crippen LogP contribution is 2.15. The molecule has 0 radical (unpaired) electrons. The van der Waals surface area contributed by atoms with E-state index in [9.17, 15) is 4.79 Å². The van der Waals surface area contributed by atoms with Crippen molar-refractivity contribution in [3.05, 3.63) is 22.4 Å². The van der Waals surface area contributed by atoms with Crippen molar-refractivity contribution in [3.63, 3.8) is 0 Å². The summed E-state index contributed by atoms with van der Waals surface area (Å²) < 4.78 is 5.22. The molecule has 0 saturated carbocycles. The molecular weight excluding hydrogens is 236 g/mol. The van der Waals surface area contributed by atoms with Crippen molar-refractivity contribution < 1.29 is 9.53 Å². The van der Waals surface area contributed by atoms with Crippen LogP contribution in [0, 0.1) is 0 Å². The van der Waals surface area contributed by atoms with Crippen molar-refractivity contribution in [1.29, 1.82) is 0 Å². The molecule has 0 aromatic carbocycles. The lowest BCUT2D eigenvalue weighted by Crippen LogP contribution is -2.45. The van der Waals surface area contributed by atoms with Gasteiger partial charge in [0.2, 0.25) is 5.91 Å². The molecule has 1 N–H and O–H groups in total. The largest absolute Gasteiger partial charge is 0.378 e. The lowest BCUT2D eigenvalue weighted by atomic mass is 10.2. The molecule has 1 amide bonds. The number of nitrogens with zero attached hydrogens (tertiary/aromatic N) is 1. The van der Waals surface area contributed by atoms with Crippen molar-refractivity contribution in [2.45, 2.75) is 13.0 Å². The van der Waals surface area contributed by atoms with E-state index in [4.69, 9.17) is 4.74 Å². The molecule has 4 nitrogen and oxygen atoms in total. The standard InChI is InChI=1S/C12H18N2O2S/c1-10(11-2-7-17-9-11)13-8-12(15)14-3-5-16-6-4-14/h2,7,9-10,13H,3-6,8H2,1H3. The molecule has 1 atom stereocenters. The summed E-state index contributed by atoms with van der Waals surface area (Å²) in [7, 11) is 0. The smallest absolute Gasteiger partial charge is 0.236 e. The second-order valence-corrected chi connectivity index (χ2v) is 4.93. The van der Waals surface area contributed by atoms with Crippen molar-refractivity contribution in [1.82, 2.24) is 10.2 Å². The number of nitrogens with one attached hydrogen (secondary N) is 1. The molecule has 1 fully saturated rings. The van der Waals surface area contributed by atoms with Crippen molar-refractivity contribution in [3.8, 4) is 0 Å². The summed E-state index contributed by atoms with van der Waals surface area (Å²) in [5.74, 6) is 0.162. The minimum atomic E-state index is 0.162. The third kappa shape index (κ3) is 3.52. The second kappa shape index (κ2) is 6.14. The van der Waals surface area contributed by atoms with Crippen LogP contribution in [0.1, 0.15) is 18.5 Å². The van der Waals surface area contributed by atoms with Crippen LogP contribution in [0.15, 0.2) is 16.8 Å². The summed E-state index contributed by atoms with van der Waals surface area (Å²) >= 11 is 1.68. The molecule has 1 aromatic rings. The maximum Gasteiger partial charge on any atom is 0.236 e. The maximum atomic E-state index is 11.9. The first-order valence-electron chi connectivity index (χ1n) is 5.88. The molecule has 5 heteroatoms. The molecule has 94 valence electrons. The third-order valence-electron chi connectivity index (χ3n) is 2.97. The normalized spacial score (nSPS) is 18.1. The van der Waals surface area contributed by atoms with Gasteiger partial charge in [0.15, 0.2) is 0 Å². The average Bonchev–Trinajstić information content (AvgIpc) is 2.90. The molecule has 0 spiro atoms. The number of ether oxygens (including phenoxy) is 1. The van der Waals surface area contributed by atoms with E-state index in [1.165, 1.54) is 5.56 Å². The predicted octanol–water partition coefficient (Wildman–Crippen LogP) is 1.26. The van der Waals surface area contributed by atoms with Crippen LogP contribution >= 0.6 is 11.3 Å². The second-order valence-electron chi connectivity index (χ2n) is 4.15. The van der Waals surface area contributed by atoms with Crippen LogP contribution in [0.2, 0.25) is 0 Å². The molecule has 0 aliphatic carbocycles. The van der Waals surface area contributed by atoms with Gasteiger partial charge in [0.1, 0.15) is 0 Å². The van der Waals surface area contributed by atoms with Gasteiger partial charge in [-0.25, -0.2) is 0 Å². The maximum absolute atomic E-state index is 11.9. The van der Waals surface area contributed by atoms with Crippen LogP contribution in [0.3, 0.4) is 0 Å². The summed E-state index contributed by atoms with van der Waals surface area (Å²) in [5.41, 5.74) is 1.24. The highest BCUT2D eigenvalue weighted by atomic mass is 32.1. The summed E-state index contributed by atoms with van der Waals surface area (Å²) in [6, 6.07) is 2.31. The number of carbonyl (C=O) groups is 1. The molecule has 1 aromatic heterocycles. The quantitative estimate of drug-likeness (QED) is 0.879. The van der Waals surface area contributed by atoms with Gasteiger partial charge in [0.05, 0.1) is 19.8 Å². The minimum Gasteiger partial charge on any atom is -0.378 e. The number of rotatable bonds is 4. The number of hydrogen-bond acceptors (Lipinski definition) is 4. The van der Waals surface area contributed by atoms with Gasteiger partial charge >= 0.3 is 0 Å². The Hall–Kier alpha value is -0.910. The number of amides is 1.